The molecular weight excluding hydrogens is 451 g/mol. The van der Waals surface area contributed by atoms with E-state index in [9.17, 15) is 23.1 Å². The molecule has 0 fully saturated rings. The first-order valence-corrected chi connectivity index (χ1v) is 10.2. The van der Waals surface area contributed by atoms with Crippen molar-refractivity contribution in [3.8, 4) is 5.88 Å². The molecule has 0 aliphatic rings. The van der Waals surface area contributed by atoms with E-state index in [2.05, 4.69) is 20.3 Å². The molecule has 0 radical (unpaired) electrons. The molecule has 0 aliphatic carbocycles. The van der Waals surface area contributed by atoms with E-state index < -0.39 is 36.5 Å². The van der Waals surface area contributed by atoms with E-state index >= 15 is 0 Å². The molecule has 0 bridgehead atoms. The smallest absolute Gasteiger partial charge is 0.424 e. The number of fused-ring (bicyclic) bond motifs is 1. The fraction of sp³-hybridized carbons (Fsp3) is 0.474. The van der Waals surface area contributed by atoms with E-state index in [1.54, 1.807) is 6.92 Å². The molecule has 3 aromatic rings. The van der Waals surface area contributed by atoms with Gasteiger partial charge in [-0.1, -0.05) is 0 Å². The Kier molecular flexibility index (Phi) is 6.72. The number of thiophene rings is 1. The van der Waals surface area contributed by atoms with Gasteiger partial charge in [0.1, 0.15) is 17.3 Å². The lowest BCUT2D eigenvalue weighted by molar-refractivity contribution is -0.272. The van der Waals surface area contributed by atoms with E-state index in [1.807, 2.05) is 0 Å². The molecule has 3 heterocycles. The molecule has 0 spiro atoms. The van der Waals surface area contributed by atoms with E-state index in [0.717, 1.165) is 22.1 Å². The summed E-state index contributed by atoms with van der Waals surface area (Å²) in [6, 6.07) is 0. The van der Waals surface area contributed by atoms with Crippen LogP contribution in [0.3, 0.4) is 0 Å². The van der Waals surface area contributed by atoms with Crippen molar-refractivity contribution in [2.45, 2.75) is 31.7 Å². The highest BCUT2D eigenvalue weighted by molar-refractivity contribution is 7.20. The Balaban J connectivity index is 1.83. The Morgan fingerprint density at radius 3 is 2.59 bits per heavy atom. The van der Waals surface area contributed by atoms with Gasteiger partial charge >= 0.3 is 6.18 Å². The van der Waals surface area contributed by atoms with Gasteiger partial charge in [0.2, 0.25) is 11.5 Å². The number of rotatable bonds is 8. The van der Waals surface area contributed by atoms with Gasteiger partial charge in [0.05, 0.1) is 17.4 Å². The second-order valence-electron chi connectivity index (χ2n) is 7.04. The van der Waals surface area contributed by atoms with Crippen molar-refractivity contribution in [2.75, 3.05) is 20.8 Å². The standard InChI is InChI=1S/C19H22F3N5O4S/c1-10-12-15(31-4)25-11(9-30-3)26-16(12)32-13(10)14(28)23-6-5-18(29,19(20,21)22)17-24-7-8-27(17)2/h7-8,29H,5-6,9H2,1-4H3,(H,23,28). The van der Waals surface area contributed by atoms with Crippen LogP contribution in [0, 0.1) is 6.92 Å². The second-order valence-corrected chi connectivity index (χ2v) is 8.04. The van der Waals surface area contributed by atoms with Crippen LogP contribution in [0.5, 0.6) is 5.88 Å². The van der Waals surface area contributed by atoms with Gasteiger partial charge in [-0.15, -0.1) is 11.3 Å². The van der Waals surface area contributed by atoms with Gasteiger partial charge in [-0.3, -0.25) is 4.79 Å². The quantitative estimate of drug-likeness (QED) is 0.517. The lowest BCUT2D eigenvalue weighted by Gasteiger charge is -2.29. The van der Waals surface area contributed by atoms with Crippen LogP contribution in [0.15, 0.2) is 12.4 Å². The summed E-state index contributed by atoms with van der Waals surface area (Å²) in [6.07, 6.45) is -3.32. The average Bonchev–Trinajstić information content (AvgIpc) is 3.30. The number of carbonyl (C=O) groups is 1. The number of alkyl halides is 3. The molecule has 0 saturated carbocycles. The number of aliphatic hydroxyl groups is 1. The molecule has 0 saturated heterocycles. The number of amides is 1. The van der Waals surface area contributed by atoms with Crippen molar-refractivity contribution in [1.29, 1.82) is 0 Å². The largest absolute Gasteiger partial charge is 0.480 e. The van der Waals surface area contributed by atoms with Crippen LogP contribution >= 0.6 is 11.3 Å². The van der Waals surface area contributed by atoms with Crippen molar-refractivity contribution in [1.82, 2.24) is 24.8 Å². The molecular formula is C19H22F3N5O4S. The Morgan fingerprint density at radius 2 is 2.03 bits per heavy atom. The maximum atomic E-state index is 13.6. The van der Waals surface area contributed by atoms with Crippen LogP contribution in [-0.2, 0) is 24.0 Å². The molecule has 32 heavy (non-hydrogen) atoms. The van der Waals surface area contributed by atoms with Crippen LogP contribution in [0.25, 0.3) is 10.2 Å². The number of imidazole rings is 1. The van der Waals surface area contributed by atoms with Crippen molar-refractivity contribution >= 4 is 27.5 Å². The molecule has 174 valence electrons. The zero-order valence-corrected chi connectivity index (χ0v) is 18.6. The summed E-state index contributed by atoms with van der Waals surface area (Å²) < 4.78 is 52.3. The number of nitrogens with one attached hydrogen (secondary N) is 1. The van der Waals surface area contributed by atoms with E-state index in [0.29, 0.717) is 21.6 Å². The Labute approximate surface area is 185 Å². The van der Waals surface area contributed by atoms with Gasteiger partial charge in [-0.05, 0) is 12.5 Å². The predicted molar refractivity (Wildman–Crippen MR) is 110 cm³/mol. The highest BCUT2D eigenvalue weighted by atomic mass is 32.1. The summed E-state index contributed by atoms with van der Waals surface area (Å²) in [4.78, 5) is 25.7. The van der Waals surface area contributed by atoms with Gasteiger partial charge in [0, 0.05) is 39.5 Å². The minimum absolute atomic E-state index is 0.147. The van der Waals surface area contributed by atoms with Crippen molar-refractivity contribution < 1.29 is 32.5 Å². The highest BCUT2D eigenvalue weighted by Crippen LogP contribution is 2.40. The van der Waals surface area contributed by atoms with Gasteiger partial charge in [0.15, 0.2) is 5.82 Å². The number of ether oxygens (including phenoxy) is 2. The maximum Gasteiger partial charge on any atom is 0.424 e. The van der Waals surface area contributed by atoms with Crippen molar-refractivity contribution in [3.63, 3.8) is 0 Å². The van der Waals surface area contributed by atoms with Gasteiger partial charge in [-0.25, -0.2) is 9.97 Å². The third-order valence-electron chi connectivity index (χ3n) is 4.91. The molecule has 1 amide bonds. The molecule has 3 aromatic heterocycles. The molecule has 1 unspecified atom stereocenters. The van der Waals surface area contributed by atoms with Crippen LogP contribution in [0.2, 0.25) is 0 Å². The molecule has 0 aliphatic heterocycles. The fourth-order valence-corrected chi connectivity index (χ4v) is 4.39. The number of nitrogens with zero attached hydrogens (tertiary/aromatic N) is 4. The number of hydrogen-bond acceptors (Lipinski definition) is 8. The summed E-state index contributed by atoms with van der Waals surface area (Å²) >= 11 is 1.07. The predicted octanol–water partition coefficient (Wildman–Crippen LogP) is 2.46. The summed E-state index contributed by atoms with van der Waals surface area (Å²) in [5, 5.41) is 13.4. The highest BCUT2D eigenvalue weighted by Gasteiger charge is 2.57. The van der Waals surface area contributed by atoms with Crippen LogP contribution in [0.4, 0.5) is 13.2 Å². The maximum absolute atomic E-state index is 13.6. The van der Waals surface area contributed by atoms with Crippen LogP contribution < -0.4 is 10.1 Å². The van der Waals surface area contributed by atoms with Crippen LogP contribution in [-0.4, -0.2) is 57.5 Å². The first-order valence-electron chi connectivity index (χ1n) is 9.41. The number of methoxy groups -OCH3 is 2. The number of carbonyl (C=O) groups excluding carboxylic acids is 1. The van der Waals surface area contributed by atoms with Crippen molar-refractivity contribution in [3.05, 3.63) is 34.5 Å². The third kappa shape index (κ3) is 4.27. The summed E-state index contributed by atoms with van der Waals surface area (Å²) in [7, 11) is 4.28. The minimum atomic E-state index is -4.98. The summed E-state index contributed by atoms with van der Waals surface area (Å²) in [5.41, 5.74) is -2.67. The summed E-state index contributed by atoms with van der Waals surface area (Å²) in [5.74, 6) is -0.500. The van der Waals surface area contributed by atoms with Crippen LogP contribution in [0.1, 0.15) is 33.3 Å². The summed E-state index contributed by atoms with van der Waals surface area (Å²) in [6.45, 7) is 1.39. The molecule has 13 heteroatoms. The zero-order valence-electron chi connectivity index (χ0n) is 17.8. The molecule has 0 aromatic carbocycles. The van der Waals surface area contributed by atoms with E-state index in [-0.39, 0.29) is 17.4 Å². The number of halogens is 3. The van der Waals surface area contributed by atoms with Gasteiger partial charge < -0.3 is 24.5 Å². The average molecular weight is 473 g/mol. The zero-order chi connectivity index (χ0) is 23.7. The SMILES string of the molecule is COCc1nc(OC)c2c(C)c(C(=O)NCCC(O)(c3nccn3C)C(F)(F)F)sc2n1. The second kappa shape index (κ2) is 9.00. The fourth-order valence-electron chi connectivity index (χ4n) is 3.28. The number of hydrogen-bond donors (Lipinski definition) is 2. The first kappa shape index (κ1) is 23.9. The van der Waals surface area contributed by atoms with Gasteiger partial charge in [0.25, 0.3) is 5.91 Å². The van der Waals surface area contributed by atoms with E-state index in [4.69, 9.17) is 9.47 Å². The van der Waals surface area contributed by atoms with Gasteiger partial charge in [-0.2, -0.15) is 18.2 Å². The molecule has 2 N–H and O–H groups in total. The number of aromatic nitrogens is 4. The molecule has 9 nitrogen and oxygen atoms in total. The number of aryl methyl sites for hydroxylation is 2. The Bertz CT molecular complexity index is 1130. The Morgan fingerprint density at radius 1 is 1.31 bits per heavy atom. The monoisotopic (exact) mass is 473 g/mol. The lowest BCUT2D eigenvalue weighted by Crippen LogP contribution is -2.46. The normalized spacial score (nSPS) is 13.9. The molecule has 3 rings (SSSR count). The molecule has 1 atom stereocenters. The minimum Gasteiger partial charge on any atom is -0.480 e. The topological polar surface area (TPSA) is 111 Å². The Hall–Kier alpha value is -2.77. The first-order chi connectivity index (χ1) is 15.0. The third-order valence-corrected chi connectivity index (χ3v) is 6.09. The van der Waals surface area contributed by atoms with Crippen molar-refractivity contribution in [2.24, 2.45) is 7.05 Å². The lowest BCUT2D eigenvalue weighted by atomic mass is 9.97. The van der Waals surface area contributed by atoms with E-state index in [1.165, 1.54) is 27.5 Å².